The number of carbonyl (C=O) groups is 1. The Morgan fingerprint density at radius 2 is 1.83 bits per heavy atom. The first-order valence-electron chi connectivity index (χ1n) is 8.39. The highest BCUT2D eigenvalue weighted by Gasteiger charge is 2.27. The van der Waals surface area contributed by atoms with E-state index in [9.17, 15) is 4.79 Å². The molecule has 0 aliphatic rings. The van der Waals surface area contributed by atoms with E-state index in [0.717, 1.165) is 16.6 Å². The van der Waals surface area contributed by atoms with E-state index >= 15 is 0 Å². The maximum absolute atomic E-state index is 12.1. The number of halogens is 1. The van der Waals surface area contributed by atoms with E-state index in [1.165, 1.54) is 0 Å². The molecule has 0 spiro atoms. The molecule has 0 fully saturated rings. The zero-order chi connectivity index (χ0) is 18.2. The van der Waals surface area contributed by atoms with Gasteiger partial charge < -0.3 is 16.0 Å². The molecule has 0 bridgehead atoms. The molecule has 1 aromatic rings. The van der Waals surface area contributed by atoms with E-state index in [0.29, 0.717) is 19.0 Å². The van der Waals surface area contributed by atoms with Crippen molar-refractivity contribution in [3.63, 3.8) is 0 Å². The van der Waals surface area contributed by atoms with Crippen LogP contribution in [-0.4, -0.2) is 31.5 Å². The van der Waals surface area contributed by atoms with Crippen molar-refractivity contribution in [2.24, 2.45) is 10.4 Å². The van der Waals surface area contributed by atoms with Gasteiger partial charge in [0.1, 0.15) is 0 Å². The minimum absolute atomic E-state index is 0.0171. The Kier molecular flexibility index (Phi) is 8.25. The smallest absolute Gasteiger partial charge is 0.227 e. The molecule has 1 unspecified atom stereocenters. The minimum atomic E-state index is -0.547. The van der Waals surface area contributed by atoms with Crippen molar-refractivity contribution in [2.45, 2.75) is 40.7 Å². The molecular formula is C18H29BrN4O. The van der Waals surface area contributed by atoms with Gasteiger partial charge >= 0.3 is 0 Å². The van der Waals surface area contributed by atoms with Gasteiger partial charge in [0.05, 0.1) is 18.0 Å². The number of carbonyl (C=O) groups excluding carboxylic acids is 1. The molecule has 0 aliphatic heterocycles. The van der Waals surface area contributed by atoms with E-state index in [4.69, 9.17) is 0 Å². The first-order valence-corrected chi connectivity index (χ1v) is 9.18. The second-order valence-corrected chi connectivity index (χ2v) is 7.18. The molecule has 134 valence electrons. The highest BCUT2D eigenvalue weighted by Crippen LogP contribution is 2.22. The summed E-state index contributed by atoms with van der Waals surface area (Å²) in [5.74, 6) is 0.724. The van der Waals surface area contributed by atoms with Crippen molar-refractivity contribution in [1.29, 1.82) is 0 Å². The Morgan fingerprint density at radius 3 is 2.42 bits per heavy atom. The van der Waals surface area contributed by atoms with Gasteiger partial charge in [0.15, 0.2) is 5.96 Å². The molecule has 1 aromatic carbocycles. The summed E-state index contributed by atoms with van der Waals surface area (Å²) in [5.41, 5.74) is 0.612. The number of hydrogen-bond donors (Lipinski definition) is 3. The third-order valence-electron chi connectivity index (χ3n) is 3.65. The van der Waals surface area contributed by atoms with Gasteiger partial charge in [-0.05, 0) is 46.2 Å². The van der Waals surface area contributed by atoms with Crippen LogP contribution in [0.4, 0.5) is 0 Å². The maximum Gasteiger partial charge on any atom is 0.227 e. The van der Waals surface area contributed by atoms with Crippen molar-refractivity contribution >= 4 is 27.8 Å². The average Bonchev–Trinajstić information content (AvgIpc) is 2.53. The van der Waals surface area contributed by atoms with Crippen molar-refractivity contribution in [3.8, 4) is 0 Å². The molecule has 1 rings (SSSR count). The minimum Gasteiger partial charge on any atom is -0.357 e. The van der Waals surface area contributed by atoms with Crippen LogP contribution in [0.3, 0.4) is 0 Å². The Labute approximate surface area is 153 Å². The molecule has 5 nitrogen and oxygen atoms in total. The second-order valence-electron chi connectivity index (χ2n) is 6.33. The van der Waals surface area contributed by atoms with Crippen LogP contribution in [0.2, 0.25) is 0 Å². The molecule has 0 aromatic heterocycles. The van der Waals surface area contributed by atoms with E-state index in [-0.39, 0.29) is 11.9 Å². The zero-order valence-electron chi connectivity index (χ0n) is 15.2. The summed E-state index contributed by atoms with van der Waals surface area (Å²) < 4.78 is 1.06. The normalized spacial score (nSPS) is 13.3. The van der Waals surface area contributed by atoms with Gasteiger partial charge in [-0.25, -0.2) is 0 Å². The number of rotatable bonds is 7. The average molecular weight is 397 g/mol. The fourth-order valence-corrected chi connectivity index (χ4v) is 2.81. The number of nitrogens with zero attached hydrogens (tertiary/aromatic N) is 1. The van der Waals surface area contributed by atoms with Crippen molar-refractivity contribution in [3.05, 3.63) is 34.3 Å². The SMILES string of the molecule is CCNC(=O)C(C)(C)CN=C(NCC)NC(C)c1ccccc1Br. The summed E-state index contributed by atoms with van der Waals surface area (Å²) in [6.07, 6.45) is 0. The lowest BCUT2D eigenvalue weighted by atomic mass is 9.92. The van der Waals surface area contributed by atoms with Crippen LogP contribution in [0.25, 0.3) is 0 Å². The van der Waals surface area contributed by atoms with Crippen LogP contribution in [0, 0.1) is 5.41 Å². The van der Waals surface area contributed by atoms with Crippen molar-refractivity contribution in [1.82, 2.24) is 16.0 Å². The molecule has 1 amide bonds. The van der Waals surface area contributed by atoms with Crippen LogP contribution < -0.4 is 16.0 Å². The Balaban J connectivity index is 2.82. The molecule has 0 aliphatic carbocycles. The number of guanidine groups is 1. The molecular weight excluding hydrogens is 368 g/mol. The van der Waals surface area contributed by atoms with E-state index < -0.39 is 5.41 Å². The van der Waals surface area contributed by atoms with Gasteiger partial charge in [0.25, 0.3) is 0 Å². The van der Waals surface area contributed by atoms with Gasteiger partial charge in [-0.2, -0.15) is 0 Å². The number of nitrogens with one attached hydrogen (secondary N) is 3. The molecule has 1 atom stereocenters. The predicted octanol–water partition coefficient (Wildman–Crippen LogP) is 3.23. The van der Waals surface area contributed by atoms with Crippen LogP contribution >= 0.6 is 15.9 Å². The summed E-state index contributed by atoms with van der Waals surface area (Å²) in [4.78, 5) is 16.7. The molecule has 0 saturated carbocycles. The first-order chi connectivity index (χ1) is 11.3. The Morgan fingerprint density at radius 1 is 1.21 bits per heavy atom. The lowest BCUT2D eigenvalue weighted by molar-refractivity contribution is -0.128. The molecule has 3 N–H and O–H groups in total. The number of amides is 1. The third-order valence-corrected chi connectivity index (χ3v) is 4.38. The lowest BCUT2D eigenvalue weighted by Gasteiger charge is -2.23. The number of aliphatic imine (C=N–C) groups is 1. The zero-order valence-corrected chi connectivity index (χ0v) is 16.8. The highest BCUT2D eigenvalue weighted by molar-refractivity contribution is 9.10. The monoisotopic (exact) mass is 396 g/mol. The topological polar surface area (TPSA) is 65.5 Å². The van der Waals surface area contributed by atoms with Crippen molar-refractivity contribution < 1.29 is 4.79 Å². The van der Waals surface area contributed by atoms with Gasteiger partial charge in [-0.3, -0.25) is 9.79 Å². The standard InChI is InChI=1S/C18H29BrN4O/c1-6-20-16(24)18(4,5)12-22-17(21-7-2)23-13(3)14-10-8-9-11-15(14)19/h8-11,13H,6-7,12H2,1-5H3,(H,20,24)(H2,21,22,23). The largest absolute Gasteiger partial charge is 0.357 e. The Hall–Kier alpha value is -1.56. The lowest BCUT2D eigenvalue weighted by Crippen LogP contribution is -2.42. The number of benzene rings is 1. The first kappa shape index (κ1) is 20.5. The van der Waals surface area contributed by atoms with E-state index in [1.54, 1.807) is 0 Å². The van der Waals surface area contributed by atoms with Gasteiger partial charge in [0, 0.05) is 17.6 Å². The Bertz CT molecular complexity index is 572. The fourth-order valence-electron chi connectivity index (χ4n) is 2.18. The van der Waals surface area contributed by atoms with Crippen LogP contribution in [0.1, 0.15) is 46.2 Å². The highest BCUT2D eigenvalue weighted by atomic mass is 79.9. The third kappa shape index (κ3) is 6.15. The maximum atomic E-state index is 12.1. The van der Waals surface area contributed by atoms with Crippen LogP contribution in [-0.2, 0) is 4.79 Å². The summed E-state index contributed by atoms with van der Waals surface area (Å²) in [6, 6.07) is 8.19. The molecule has 24 heavy (non-hydrogen) atoms. The second kappa shape index (κ2) is 9.67. The summed E-state index contributed by atoms with van der Waals surface area (Å²) in [7, 11) is 0. The van der Waals surface area contributed by atoms with E-state index in [1.807, 2.05) is 45.9 Å². The van der Waals surface area contributed by atoms with Crippen LogP contribution in [0.15, 0.2) is 33.7 Å². The summed E-state index contributed by atoms with van der Waals surface area (Å²) >= 11 is 3.58. The molecule has 0 radical (unpaired) electrons. The van der Waals surface area contributed by atoms with Crippen LogP contribution in [0.5, 0.6) is 0 Å². The summed E-state index contributed by atoms with van der Waals surface area (Å²) in [6.45, 7) is 11.6. The fraction of sp³-hybridized carbons (Fsp3) is 0.556. The summed E-state index contributed by atoms with van der Waals surface area (Å²) in [5, 5.41) is 9.49. The predicted molar refractivity (Wildman–Crippen MR) is 104 cm³/mol. The van der Waals surface area contributed by atoms with Gasteiger partial charge in [-0.1, -0.05) is 34.1 Å². The van der Waals surface area contributed by atoms with Crippen molar-refractivity contribution in [2.75, 3.05) is 19.6 Å². The molecule has 0 saturated heterocycles. The quantitative estimate of drug-likeness (QED) is 0.489. The molecule has 6 heteroatoms. The van der Waals surface area contributed by atoms with Gasteiger partial charge in [0.2, 0.25) is 5.91 Å². The van der Waals surface area contributed by atoms with E-state index in [2.05, 4.69) is 49.9 Å². The van der Waals surface area contributed by atoms with Gasteiger partial charge in [-0.15, -0.1) is 0 Å². The number of hydrogen-bond acceptors (Lipinski definition) is 2. The molecule has 0 heterocycles.